The first-order valence-corrected chi connectivity index (χ1v) is 7.89. The summed E-state index contributed by atoms with van der Waals surface area (Å²) in [7, 11) is 0. The van der Waals surface area contributed by atoms with Crippen LogP contribution in [-0.2, 0) is 0 Å². The number of fused-ring (bicyclic) bond motifs is 2. The van der Waals surface area contributed by atoms with Crippen molar-refractivity contribution in [1.29, 1.82) is 0 Å². The van der Waals surface area contributed by atoms with Crippen LogP contribution in [0.2, 0.25) is 0 Å². The highest BCUT2D eigenvalue weighted by Crippen LogP contribution is 2.26. The first kappa shape index (κ1) is 15.4. The first-order valence-electron chi connectivity index (χ1n) is 7.55. The molecule has 0 radical (unpaired) electrons. The van der Waals surface area contributed by atoms with Gasteiger partial charge in [0.15, 0.2) is 0 Å². The standard InChI is InChI=1S/C18H12ClN3O3/c1-10-6-8-11(9-7-10)20-22-17(24)14-15(18(22)25)21(19)13-5-3-2-4-12(13)16(14)23/h2-9,20H,1H3. The topological polar surface area (TPSA) is 71.4 Å². The Bertz CT molecular complexity index is 1100. The Balaban J connectivity index is 1.86. The van der Waals surface area contributed by atoms with E-state index < -0.39 is 17.2 Å². The Morgan fingerprint density at radius 3 is 2.32 bits per heavy atom. The molecular weight excluding hydrogens is 342 g/mol. The number of carbonyl (C=O) groups is 2. The minimum absolute atomic E-state index is 0.130. The van der Waals surface area contributed by atoms with Gasteiger partial charge >= 0.3 is 0 Å². The van der Waals surface area contributed by atoms with E-state index in [9.17, 15) is 14.4 Å². The van der Waals surface area contributed by atoms with Crippen LogP contribution in [0.4, 0.5) is 5.69 Å². The summed E-state index contributed by atoms with van der Waals surface area (Å²) < 4.78 is 1.07. The van der Waals surface area contributed by atoms with Crippen LogP contribution in [0, 0.1) is 6.92 Å². The van der Waals surface area contributed by atoms with Crippen LogP contribution in [0.15, 0.2) is 53.3 Å². The number of hydrazine groups is 1. The molecule has 0 bridgehead atoms. The lowest BCUT2D eigenvalue weighted by Crippen LogP contribution is -2.36. The molecule has 124 valence electrons. The molecule has 0 atom stereocenters. The van der Waals surface area contributed by atoms with Crippen molar-refractivity contribution in [1.82, 2.24) is 9.10 Å². The molecule has 1 aliphatic rings. The van der Waals surface area contributed by atoms with Crippen molar-refractivity contribution >= 4 is 40.2 Å². The van der Waals surface area contributed by atoms with Gasteiger partial charge in [0.1, 0.15) is 11.3 Å². The van der Waals surface area contributed by atoms with Gasteiger partial charge in [0.25, 0.3) is 11.8 Å². The normalized spacial score (nSPS) is 13.4. The molecule has 25 heavy (non-hydrogen) atoms. The molecule has 3 aromatic rings. The SMILES string of the molecule is Cc1ccc(NN2C(=O)c3c(n(Cl)c4ccccc4c3=O)C2=O)cc1. The fraction of sp³-hybridized carbons (Fsp3) is 0.0556. The molecule has 2 amide bonds. The molecular formula is C18H12ClN3O3. The molecule has 2 aromatic carbocycles. The predicted octanol–water partition coefficient (Wildman–Crippen LogP) is 2.93. The smallest absolute Gasteiger partial charge is 0.288 e. The maximum Gasteiger partial charge on any atom is 0.298 e. The number of nitrogens with one attached hydrogen (secondary N) is 1. The second-order valence-corrected chi connectivity index (χ2v) is 6.11. The number of aryl methyl sites for hydroxylation is 1. The zero-order valence-corrected chi connectivity index (χ0v) is 13.9. The van der Waals surface area contributed by atoms with E-state index in [1.807, 2.05) is 19.1 Å². The number of halogens is 1. The van der Waals surface area contributed by atoms with E-state index in [0.29, 0.717) is 11.2 Å². The van der Waals surface area contributed by atoms with E-state index >= 15 is 0 Å². The number of imide groups is 1. The monoisotopic (exact) mass is 353 g/mol. The number of amides is 2. The highest BCUT2D eigenvalue weighted by atomic mass is 35.5. The zero-order chi connectivity index (χ0) is 17.7. The third-order valence-electron chi connectivity index (χ3n) is 4.14. The maximum absolute atomic E-state index is 12.7. The number of carbonyl (C=O) groups excluding carboxylic acids is 2. The second kappa shape index (κ2) is 5.46. The zero-order valence-electron chi connectivity index (χ0n) is 13.1. The Hall–Kier alpha value is -3.12. The van der Waals surface area contributed by atoms with E-state index in [2.05, 4.69) is 5.43 Å². The van der Waals surface area contributed by atoms with Crippen LogP contribution >= 0.6 is 11.8 Å². The molecule has 7 heteroatoms. The van der Waals surface area contributed by atoms with Crippen LogP contribution in [0.5, 0.6) is 0 Å². The lowest BCUT2D eigenvalue weighted by Gasteiger charge is -2.16. The molecule has 1 N–H and O–H groups in total. The molecule has 0 unspecified atom stereocenters. The number of rotatable bonds is 2. The summed E-state index contributed by atoms with van der Waals surface area (Å²) in [4.78, 5) is 38.0. The number of hydrogen-bond donors (Lipinski definition) is 1. The predicted molar refractivity (Wildman–Crippen MR) is 94.8 cm³/mol. The average molecular weight is 354 g/mol. The lowest BCUT2D eigenvalue weighted by molar-refractivity contribution is 0.0689. The molecule has 0 saturated carbocycles. The van der Waals surface area contributed by atoms with Crippen LogP contribution in [0.1, 0.15) is 26.4 Å². The second-order valence-electron chi connectivity index (χ2n) is 5.77. The minimum Gasteiger partial charge on any atom is -0.288 e. The molecule has 2 heterocycles. The van der Waals surface area contributed by atoms with E-state index in [1.54, 1.807) is 36.4 Å². The van der Waals surface area contributed by atoms with Crippen LogP contribution in [0.3, 0.4) is 0 Å². The van der Waals surface area contributed by atoms with E-state index in [-0.39, 0.29) is 16.6 Å². The summed E-state index contributed by atoms with van der Waals surface area (Å²) in [5.74, 6) is -1.39. The number of nitrogens with zero attached hydrogens (tertiary/aromatic N) is 2. The van der Waals surface area contributed by atoms with Gasteiger partial charge in [-0.3, -0.25) is 19.8 Å². The number of para-hydroxylation sites is 1. The molecule has 0 fully saturated rings. The van der Waals surface area contributed by atoms with Crippen molar-refractivity contribution in [3.63, 3.8) is 0 Å². The van der Waals surface area contributed by atoms with Gasteiger partial charge in [-0.2, -0.15) is 5.01 Å². The van der Waals surface area contributed by atoms with E-state index in [1.165, 1.54) is 0 Å². The van der Waals surface area contributed by atoms with Crippen molar-refractivity contribution < 1.29 is 9.59 Å². The Labute approximate surface area is 147 Å². The van der Waals surface area contributed by atoms with Gasteiger partial charge in [-0.25, -0.2) is 4.09 Å². The molecule has 0 saturated heterocycles. The highest BCUT2D eigenvalue weighted by molar-refractivity contribution is 6.28. The Morgan fingerprint density at radius 1 is 0.920 bits per heavy atom. The summed E-state index contributed by atoms with van der Waals surface area (Å²) >= 11 is 6.26. The lowest BCUT2D eigenvalue weighted by atomic mass is 10.1. The maximum atomic E-state index is 12.7. The van der Waals surface area contributed by atoms with Crippen LogP contribution < -0.4 is 10.9 Å². The number of benzene rings is 2. The van der Waals surface area contributed by atoms with Gasteiger partial charge in [-0.15, -0.1) is 0 Å². The third-order valence-corrected chi connectivity index (χ3v) is 4.49. The summed E-state index contributed by atoms with van der Waals surface area (Å²) in [6.07, 6.45) is 0. The molecule has 1 aromatic heterocycles. The van der Waals surface area contributed by atoms with Gasteiger partial charge in [0.2, 0.25) is 5.43 Å². The highest BCUT2D eigenvalue weighted by Gasteiger charge is 2.41. The number of aromatic nitrogens is 1. The van der Waals surface area contributed by atoms with Crippen LogP contribution in [-0.4, -0.2) is 20.9 Å². The number of pyridine rings is 1. The summed E-state index contributed by atoms with van der Waals surface area (Å²) in [6, 6.07) is 13.7. The van der Waals surface area contributed by atoms with Gasteiger partial charge in [-0.05, 0) is 31.2 Å². The van der Waals surface area contributed by atoms with Crippen LogP contribution in [0.25, 0.3) is 10.9 Å². The summed E-state index contributed by atoms with van der Waals surface area (Å²) in [5.41, 5.74) is 3.86. The number of hydrogen-bond acceptors (Lipinski definition) is 4. The van der Waals surface area contributed by atoms with Crippen molar-refractivity contribution in [3.05, 3.63) is 75.6 Å². The van der Waals surface area contributed by atoms with Crippen molar-refractivity contribution in [2.45, 2.75) is 6.92 Å². The summed E-state index contributed by atoms with van der Waals surface area (Å²) in [5, 5.41) is 1.10. The first-order chi connectivity index (χ1) is 12.0. The van der Waals surface area contributed by atoms with Gasteiger partial charge < -0.3 is 0 Å². The quantitative estimate of drug-likeness (QED) is 0.719. The molecule has 0 aliphatic carbocycles. The molecule has 0 spiro atoms. The van der Waals surface area contributed by atoms with Gasteiger partial charge in [-0.1, -0.05) is 29.8 Å². The average Bonchev–Trinajstić information content (AvgIpc) is 2.86. The van der Waals surface area contributed by atoms with Crippen molar-refractivity contribution in [3.8, 4) is 0 Å². The van der Waals surface area contributed by atoms with E-state index in [0.717, 1.165) is 14.7 Å². The Morgan fingerprint density at radius 2 is 1.60 bits per heavy atom. The molecule has 6 nitrogen and oxygen atoms in total. The minimum atomic E-state index is -0.717. The molecule has 4 rings (SSSR count). The van der Waals surface area contributed by atoms with Gasteiger partial charge in [0, 0.05) is 17.2 Å². The van der Waals surface area contributed by atoms with Crippen molar-refractivity contribution in [2.24, 2.45) is 0 Å². The number of anilines is 1. The summed E-state index contributed by atoms with van der Waals surface area (Å²) in [6.45, 7) is 1.93. The van der Waals surface area contributed by atoms with Crippen molar-refractivity contribution in [2.75, 3.05) is 5.43 Å². The fourth-order valence-corrected chi connectivity index (χ4v) is 3.16. The Kier molecular flexibility index (Phi) is 3.36. The third kappa shape index (κ3) is 2.22. The fourth-order valence-electron chi connectivity index (χ4n) is 2.86. The largest absolute Gasteiger partial charge is 0.298 e. The molecule has 1 aliphatic heterocycles. The van der Waals surface area contributed by atoms with E-state index in [4.69, 9.17) is 11.8 Å². The van der Waals surface area contributed by atoms with Gasteiger partial charge in [0.05, 0.1) is 11.2 Å².